The minimum atomic E-state index is 0. The number of anilines is 1. The SMILES string of the molecule is CN=C(NCCCOCC1CCOC1)NCC(C)N(C)c1ccccc1.I. The van der Waals surface area contributed by atoms with Crippen LogP contribution in [0.3, 0.4) is 0 Å². The van der Waals surface area contributed by atoms with Crippen LogP contribution in [-0.2, 0) is 9.47 Å². The van der Waals surface area contributed by atoms with E-state index in [2.05, 4.69) is 58.8 Å². The van der Waals surface area contributed by atoms with E-state index in [1.807, 2.05) is 6.07 Å². The van der Waals surface area contributed by atoms with Crippen molar-refractivity contribution in [3.05, 3.63) is 30.3 Å². The van der Waals surface area contributed by atoms with Crippen molar-refractivity contribution < 1.29 is 9.47 Å². The number of halogens is 1. The van der Waals surface area contributed by atoms with Crippen molar-refractivity contribution in [1.82, 2.24) is 10.6 Å². The Hall–Kier alpha value is -1.06. The second-order valence-electron chi connectivity index (χ2n) is 6.83. The lowest BCUT2D eigenvalue weighted by atomic mass is 10.1. The van der Waals surface area contributed by atoms with Crippen LogP contribution in [-0.4, -0.2) is 65.6 Å². The summed E-state index contributed by atoms with van der Waals surface area (Å²) >= 11 is 0. The van der Waals surface area contributed by atoms with Crippen LogP contribution in [0, 0.1) is 5.92 Å². The minimum absolute atomic E-state index is 0. The van der Waals surface area contributed by atoms with Crippen molar-refractivity contribution in [2.24, 2.45) is 10.9 Å². The van der Waals surface area contributed by atoms with Crippen LogP contribution < -0.4 is 15.5 Å². The van der Waals surface area contributed by atoms with Gasteiger partial charge in [0.05, 0.1) is 13.2 Å². The van der Waals surface area contributed by atoms with Crippen molar-refractivity contribution in [2.75, 3.05) is 58.5 Å². The zero-order chi connectivity index (χ0) is 18.6. The topological polar surface area (TPSA) is 58.1 Å². The molecule has 0 bridgehead atoms. The minimum Gasteiger partial charge on any atom is -0.381 e. The maximum atomic E-state index is 5.72. The Morgan fingerprint density at radius 2 is 2.11 bits per heavy atom. The highest BCUT2D eigenvalue weighted by atomic mass is 127. The smallest absolute Gasteiger partial charge is 0.191 e. The van der Waals surface area contributed by atoms with Crippen LogP contribution in [0.4, 0.5) is 5.69 Å². The van der Waals surface area contributed by atoms with Crippen LogP contribution in [0.15, 0.2) is 35.3 Å². The number of ether oxygens (including phenoxy) is 2. The molecule has 2 rings (SSSR count). The van der Waals surface area contributed by atoms with Gasteiger partial charge in [-0.2, -0.15) is 0 Å². The van der Waals surface area contributed by atoms with Gasteiger partial charge in [-0.15, -0.1) is 24.0 Å². The quantitative estimate of drug-likeness (QED) is 0.229. The Labute approximate surface area is 181 Å². The van der Waals surface area contributed by atoms with Crippen molar-refractivity contribution in [2.45, 2.75) is 25.8 Å². The number of nitrogens with zero attached hydrogens (tertiary/aromatic N) is 2. The molecule has 1 aliphatic rings. The van der Waals surface area contributed by atoms with Crippen LogP contribution in [0.5, 0.6) is 0 Å². The van der Waals surface area contributed by atoms with Crippen LogP contribution in [0.2, 0.25) is 0 Å². The summed E-state index contributed by atoms with van der Waals surface area (Å²) in [4.78, 5) is 6.56. The highest BCUT2D eigenvalue weighted by Gasteiger charge is 2.15. The van der Waals surface area contributed by atoms with Crippen molar-refractivity contribution in [3.8, 4) is 0 Å². The molecule has 1 fully saturated rings. The molecule has 7 heteroatoms. The summed E-state index contributed by atoms with van der Waals surface area (Å²) in [5.74, 6) is 1.42. The average Bonchev–Trinajstić information content (AvgIpc) is 3.20. The van der Waals surface area contributed by atoms with Crippen molar-refractivity contribution in [3.63, 3.8) is 0 Å². The normalized spacial score (nSPS) is 17.9. The molecule has 154 valence electrons. The maximum absolute atomic E-state index is 5.72. The second-order valence-corrected chi connectivity index (χ2v) is 6.83. The Morgan fingerprint density at radius 1 is 1.33 bits per heavy atom. The highest BCUT2D eigenvalue weighted by molar-refractivity contribution is 14.0. The molecule has 0 aromatic heterocycles. The molecule has 0 radical (unpaired) electrons. The summed E-state index contributed by atoms with van der Waals surface area (Å²) in [6.45, 7) is 7.20. The summed E-state index contributed by atoms with van der Waals surface area (Å²) in [6.07, 6.45) is 2.10. The molecule has 1 aromatic rings. The lowest BCUT2D eigenvalue weighted by molar-refractivity contribution is 0.0888. The molecule has 0 amide bonds. The van der Waals surface area contributed by atoms with E-state index in [1.54, 1.807) is 7.05 Å². The van der Waals surface area contributed by atoms with E-state index in [-0.39, 0.29) is 24.0 Å². The summed E-state index contributed by atoms with van der Waals surface area (Å²) in [5, 5.41) is 6.74. The van der Waals surface area contributed by atoms with Crippen molar-refractivity contribution >= 4 is 35.6 Å². The molecule has 0 spiro atoms. The highest BCUT2D eigenvalue weighted by Crippen LogP contribution is 2.13. The largest absolute Gasteiger partial charge is 0.381 e. The number of likely N-dealkylation sites (N-methyl/N-ethyl adjacent to an activating group) is 1. The fraction of sp³-hybridized carbons (Fsp3) is 0.650. The van der Waals surface area contributed by atoms with E-state index in [4.69, 9.17) is 9.47 Å². The first-order chi connectivity index (χ1) is 12.7. The van der Waals surface area contributed by atoms with Gasteiger partial charge in [0, 0.05) is 58.0 Å². The molecule has 2 N–H and O–H groups in total. The van der Waals surface area contributed by atoms with Crippen LogP contribution in [0.25, 0.3) is 0 Å². The molecule has 1 aliphatic heterocycles. The van der Waals surface area contributed by atoms with Gasteiger partial charge < -0.3 is 25.0 Å². The first-order valence-corrected chi connectivity index (χ1v) is 9.58. The number of para-hydroxylation sites is 1. The molecule has 1 heterocycles. The van der Waals surface area contributed by atoms with Gasteiger partial charge in [0.25, 0.3) is 0 Å². The monoisotopic (exact) mass is 490 g/mol. The summed E-state index contributed by atoms with van der Waals surface area (Å²) in [7, 11) is 3.92. The van der Waals surface area contributed by atoms with Crippen LogP contribution >= 0.6 is 24.0 Å². The number of benzene rings is 1. The average molecular weight is 490 g/mol. The zero-order valence-electron chi connectivity index (χ0n) is 16.8. The molecule has 2 atom stereocenters. The Kier molecular flexibility index (Phi) is 12.4. The molecular formula is C20H35IN4O2. The molecule has 2 unspecified atom stereocenters. The zero-order valence-corrected chi connectivity index (χ0v) is 19.1. The molecule has 27 heavy (non-hydrogen) atoms. The number of rotatable bonds is 10. The molecular weight excluding hydrogens is 455 g/mol. The first kappa shape index (κ1) is 24.0. The molecule has 0 saturated carbocycles. The lowest BCUT2D eigenvalue weighted by Crippen LogP contribution is -2.45. The number of guanidine groups is 1. The van der Waals surface area contributed by atoms with Crippen molar-refractivity contribution in [1.29, 1.82) is 0 Å². The summed E-state index contributed by atoms with van der Waals surface area (Å²) < 4.78 is 11.1. The number of aliphatic imine (C=N–C) groups is 1. The fourth-order valence-electron chi connectivity index (χ4n) is 2.87. The third-order valence-electron chi connectivity index (χ3n) is 4.75. The third kappa shape index (κ3) is 9.12. The Balaban J connectivity index is 0.00000364. The van der Waals surface area contributed by atoms with Gasteiger partial charge in [0.2, 0.25) is 0 Å². The number of hydrogen-bond donors (Lipinski definition) is 2. The van der Waals surface area contributed by atoms with Gasteiger partial charge in [-0.3, -0.25) is 4.99 Å². The van der Waals surface area contributed by atoms with Crippen LogP contribution in [0.1, 0.15) is 19.8 Å². The lowest BCUT2D eigenvalue weighted by Gasteiger charge is -2.27. The molecule has 1 saturated heterocycles. The molecule has 6 nitrogen and oxygen atoms in total. The number of hydrogen-bond acceptors (Lipinski definition) is 4. The molecule has 1 aromatic carbocycles. The van der Waals surface area contributed by atoms with E-state index < -0.39 is 0 Å². The van der Waals surface area contributed by atoms with Gasteiger partial charge in [-0.1, -0.05) is 18.2 Å². The van der Waals surface area contributed by atoms with E-state index in [0.717, 1.165) is 58.3 Å². The first-order valence-electron chi connectivity index (χ1n) is 9.58. The van der Waals surface area contributed by atoms with E-state index in [9.17, 15) is 0 Å². The predicted molar refractivity (Wildman–Crippen MR) is 123 cm³/mol. The van der Waals surface area contributed by atoms with Gasteiger partial charge in [-0.05, 0) is 31.9 Å². The number of nitrogens with one attached hydrogen (secondary N) is 2. The predicted octanol–water partition coefficient (Wildman–Crippen LogP) is 2.74. The second kappa shape index (κ2) is 14.0. The summed E-state index contributed by atoms with van der Waals surface area (Å²) in [6, 6.07) is 10.8. The third-order valence-corrected chi connectivity index (χ3v) is 4.75. The van der Waals surface area contributed by atoms with Gasteiger partial charge >= 0.3 is 0 Å². The van der Waals surface area contributed by atoms with Gasteiger partial charge in [-0.25, -0.2) is 0 Å². The standard InChI is InChI=1S/C20H34N4O2.HI/c1-17(24(3)19-8-5-4-6-9-19)14-23-20(21-2)22-11-7-12-25-15-18-10-13-26-16-18;/h4-6,8-9,17-18H,7,10-16H2,1-3H3,(H2,21,22,23);1H. The summed E-state index contributed by atoms with van der Waals surface area (Å²) in [5.41, 5.74) is 1.22. The van der Waals surface area contributed by atoms with Gasteiger partial charge in [0.15, 0.2) is 5.96 Å². The Bertz CT molecular complexity index is 524. The van der Waals surface area contributed by atoms with E-state index >= 15 is 0 Å². The van der Waals surface area contributed by atoms with E-state index in [0.29, 0.717) is 12.0 Å². The Morgan fingerprint density at radius 3 is 2.78 bits per heavy atom. The fourth-order valence-corrected chi connectivity index (χ4v) is 2.87. The van der Waals surface area contributed by atoms with Gasteiger partial charge in [0.1, 0.15) is 0 Å². The maximum Gasteiger partial charge on any atom is 0.191 e. The van der Waals surface area contributed by atoms with E-state index in [1.165, 1.54) is 5.69 Å². The molecule has 0 aliphatic carbocycles.